The Labute approximate surface area is 80.7 Å². The van der Waals surface area contributed by atoms with E-state index in [1.807, 2.05) is 0 Å². The monoisotopic (exact) mass is 180 g/mol. The second-order valence-electron chi connectivity index (χ2n) is 3.79. The van der Waals surface area contributed by atoms with E-state index in [-0.39, 0.29) is 0 Å². The minimum Gasteiger partial charge on any atom is -0.402 e. The van der Waals surface area contributed by atoms with Gasteiger partial charge in [-0.3, -0.25) is 0 Å². The lowest BCUT2D eigenvalue weighted by atomic mass is 10.0. The molecule has 0 saturated heterocycles. The normalized spacial score (nSPS) is 18.5. The largest absolute Gasteiger partial charge is 0.402 e. The van der Waals surface area contributed by atoms with E-state index in [9.17, 15) is 0 Å². The molecule has 0 heterocycles. The first kappa shape index (κ1) is 10.3. The van der Waals surface area contributed by atoms with E-state index in [1.165, 1.54) is 19.3 Å². The Morgan fingerprint density at radius 3 is 2.69 bits per heavy atom. The fraction of sp³-hybridized carbons (Fsp3) is 0.727. The summed E-state index contributed by atoms with van der Waals surface area (Å²) in [5.41, 5.74) is 8.86. The topological polar surface area (TPSA) is 49.9 Å². The zero-order valence-electron chi connectivity index (χ0n) is 8.53. The lowest BCUT2D eigenvalue weighted by Crippen LogP contribution is -2.09. The number of nitrogens with one attached hydrogen (secondary N) is 1. The van der Waals surface area contributed by atoms with E-state index < -0.39 is 0 Å². The van der Waals surface area contributed by atoms with Crippen molar-refractivity contribution in [3.8, 4) is 0 Å². The van der Waals surface area contributed by atoms with E-state index in [4.69, 9.17) is 11.1 Å². The summed E-state index contributed by atoms with van der Waals surface area (Å²) in [5, 5.41) is 7.87. The molecule has 0 aromatic heterocycles. The van der Waals surface area contributed by atoms with Crippen LogP contribution in [0.4, 0.5) is 0 Å². The molecule has 0 aliphatic heterocycles. The zero-order valence-corrected chi connectivity index (χ0v) is 8.53. The molecule has 0 spiro atoms. The van der Waals surface area contributed by atoms with Crippen LogP contribution < -0.4 is 5.73 Å². The summed E-state index contributed by atoms with van der Waals surface area (Å²) in [4.78, 5) is 0. The molecule has 0 aromatic carbocycles. The van der Waals surface area contributed by atoms with Crippen LogP contribution in [0.3, 0.4) is 0 Å². The fourth-order valence-corrected chi connectivity index (χ4v) is 1.85. The molecular weight excluding hydrogens is 160 g/mol. The van der Waals surface area contributed by atoms with Crippen molar-refractivity contribution in [3.05, 3.63) is 11.3 Å². The highest BCUT2D eigenvalue weighted by atomic mass is 14.6. The Balaban J connectivity index is 2.67. The maximum Gasteiger partial charge on any atom is 0.0362 e. The van der Waals surface area contributed by atoms with Crippen molar-refractivity contribution in [2.45, 2.75) is 51.9 Å². The molecule has 74 valence electrons. The summed E-state index contributed by atoms with van der Waals surface area (Å²) in [5.74, 6) is 0. The molecule has 2 heteroatoms. The summed E-state index contributed by atoms with van der Waals surface area (Å²) in [6.07, 6.45) is 7.65. The Hall–Kier alpha value is -0.790. The first-order valence-electron chi connectivity index (χ1n) is 5.31. The van der Waals surface area contributed by atoms with Crippen LogP contribution in [0.2, 0.25) is 0 Å². The summed E-state index contributed by atoms with van der Waals surface area (Å²) in [7, 11) is 0. The van der Waals surface area contributed by atoms with E-state index in [0.717, 1.165) is 42.7 Å². The van der Waals surface area contributed by atoms with E-state index in [1.54, 1.807) is 0 Å². The first-order valence-corrected chi connectivity index (χ1v) is 5.31. The first-order chi connectivity index (χ1) is 6.25. The quantitative estimate of drug-likeness (QED) is 0.644. The minimum atomic E-state index is 0.780. The summed E-state index contributed by atoms with van der Waals surface area (Å²) < 4.78 is 0. The second-order valence-corrected chi connectivity index (χ2v) is 3.79. The molecule has 0 radical (unpaired) electrons. The number of hydrogen-bond acceptors (Lipinski definition) is 2. The Bertz CT molecular complexity index is 216. The third kappa shape index (κ3) is 2.87. The molecule has 0 bridgehead atoms. The van der Waals surface area contributed by atoms with Crippen LogP contribution in [0.25, 0.3) is 0 Å². The molecule has 0 aromatic rings. The molecule has 2 nitrogen and oxygen atoms in total. The standard InChI is InChI=1S/C11H20N2/c1-2-6-10(12)9-7-4-3-5-8-11(9)13/h12H,2-8,13H2,1H3. The van der Waals surface area contributed by atoms with Crippen LogP contribution >= 0.6 is 0 Å². The van der Waals surface area contributed by atoms with Gasteiger partial charge in [0.15, 0.2) is 0 Å². The third-order valence-electron chi connectivity index (χ3n) is 2.62. The van der Waals surface area contributed by atoms with Crippen molar-refractivity contribution < 1.29 is 0 Å². The molecule has 0 fully saturated rings. The van der Waals surface area contributed by atoms with Crippen LogP contribution in [0.5, 0.6) is 0 Å². The smallest absolute Gasteiger partial charge is 0.0362 e. The highest BCUT2D eigenvalue weighted by molar-refractivity contribution is 5.98. The van der Waals surface area contributed by atoms with Crippen LogP contribution in [-0.4, -0.2) is 5.71 Å². The molecule has 3 N–H and O–H groups in total. The molecule has 0 amide bonds. The Morgan fingerprint density at radius 2 is 2.00 bits per heavy atom. The van der Waals surface area contributed by atoms with Gasteiger partial charge < -0.3 is 11.1 Å². The van der Waals surface area contributed by atoms with Gasteiger partial charge in [0, 0.05) is 11.4 Å². The molecule has 1 aliphatic rings. The van der Waals surface area contributed by atoms with E-state index in [2.05, 4.69) is 6.92 Å². The molecule has 0 atom stereocenters. The van der Waals surface area contributed by atoms with Gasteiger partial charge in [0.1, 0.15) is 0 Å². The summed E-state index contributed by atoms with van der Waals surface area (Å²) in [6, 6.07) is 0. The van der Waals surface area contributed by atoms with Gasteiger partial charge in [-0.05, 0) is 37.7 Å². The maximum atomic E-state index is 7.87. The summed E-state index contributed by atoms with van der Waals surface area (Å²) in [6.45, 7) is 2.11. The Morgan fingerprint density at radius 1 is 1.31 bits per heavy atom. The molecule has 0 saturated carbocycles. The predicted molar refractivity (Wildman–Crippen MR) is 56.9 cm³/mol. The van der Waals surface area contributed by atoms with Crippen molar-refractivity contribution in [2.75, 3.05) is 0 Å². The van der Waals surface area contributed by atoms with Crippen LogP contribution in [0, 0.1) is 5.41 Å². The third-order valence-corrected chi connectivity index (χ3v) is 2.62. The van der Waals surface area contributed by atoms with Crippen molar-refractivity contribution in [1.29, 1.82) is 5.41 Å². The highest BCUT2D eigenvalue weighted by Gasteiger charge is 2.12. The van der Waals surface area contributed by atoms with E-state index in [0.29, 0.717) is 0 Å². The molecule has 1 aliphatic carbocycles. The van der Waals surface area contributed by atoms with Crippen molar-refractivity contribution in [2.24, 2.45) is 5.73 Å². The van der Waals surface area contributed by atoms with Gasteiger partial charge in [-0.2, -0.15) is 0 Å². The SMILES string of the molecule is CCCC(=N)C1=C(N)CCCCC1. The van der Waals surface area contributed by atoms with Gasteiger partial charge in [0.05, 0.1) is 0 Å². The highest BCUT2D eigenvalue weighted by Crippen LogP contribution is 2.22. The second kappa shape index (κ2) is 5.05. The van der Waals surface area contributed by atoms with Gasteiger partial charge in [-0.25, -0.2) is 0 Å². The molecular formula is C11H20N2. The number of allylic oxidation sites excluding steroid dienone is 2. The minimum absolute atomic E-state index is 0.780. The van der Waals surface area contributed by atoms with Gasteiger partial charge in [-0.1, -0.05) is 19.8 Å². The zero-order chi connectivity index (χ0) is 9.68. The van der Waals surface area contributed by atoms with Crippen molar-refractivity contribution in [1.82, 2.24) is 0 Å². The van der Waals surface area contributed by atoms with Crippen molar-refractivity contribution in [3.63, 3.8) is 0 Å². The van der Waals surface area contributed by atoms with Gasteiger partial charge in [0.25, 0.3) is 0 Å². The fourth-order valence-electron chi connectivity index (χ4n) is 1.85. The molecule has 13 heavy (non-hydrogen) atoms. The van der Waals surface area contributed by atoms with Crippen LogP contribution in [0.15, 0.2) is 11.3 Å². The predicted octanol–water partition coefficient (Wildman–Crippen LogP) is 2.98. The van der Waals surface area contributed by atoms with Gasteiger partial charge in [-0.15, -0.1) is 0 Å². The van der Waals surface area contributed by atoms with E-state index >= 15 is 0 Å². The lowest BCUT2D eigenvalue weighted by Gasteiger charge is -2.09. The van der Waals surface area contributed by atoms with Crippen LogP contribution in [0.1, 0.15) is 51.9 Å². The number of rotatable bonds is 3. The lowest BCUT2D eigenvalue weighted by molar-refractivity contribution is 0.707. The molecule has 1 rings (SSSR count). The Kier molecular flexibility index (Phi) is 4.00. The van der Waals surface area contributed by atoms with Gasteiger partial charge >= 0.3 is 0 Å². The average molecular weight is 180 g/mol. The van der Waals surface area contributed by atoms with Crippen LogP contribution in [-0.2, 0) is 0 Å². The number of hydrogen-bond donors (Lipinski definition) is 2. The van der Waals surface area contributed by atoms with Crippen molar-refractivity contribution >= 4 is 5.71 Å². The summed E-state index contributed by atoms with van der Waals surface area (Å²) >= 11 is 0. The molecule has 0 unspecified atom stereocenters. The number of nitrogens with two attached hydrogens (primary N) is 1. The van der Waals surface area contributed by atoms with Gasteiger partial charge in [0.2, 0.25) is 0 Å². The maximum absolute atomic E-state index is 7.87. The average Bonchev–Trinajstić information content (AvgIpc) is 2.30.